The van der Waals surface area contributed by atoms with Crippen LogP contribution in [0.4, 0.5) is 0 Å². The summed E-state index contributed by atoms with van der Waals surface area (Å²) in [6, 6.07) is 6.94. The fourth-order valence-electron chi connectivity index (χ4n) is 4.98. The molecule has 0 spiro atoms. The molecule has 5 rings (SSSR count). The maximum atomic E-state index is 13.6. The average Bonchev–Trinajstić information content (AvgIpc) is 3.35. The second-order valence-corrected chi connectivity index (χ2v) is 11.7. The molecular formula is C27H34N8O5S. The summed E-state index contributed by atoms with van der Waals surface area (Å²) < 4.78 is 37.4. The summed E-state index contributed by atoms with van der Waals surface area (Å²) in [6.45, 7) is 6.26. The number of hydrogen-bond donors (Lipinski definition) is 1. The Balaban J connectivity index is 1.64. The molecule has 1 aliphatic rings. The van der Waals surface area contributed by atoms with Crippen LogP contribution in [0, 0.1) is 0 Å². The van der Waals surface area contributed by atoms with Gasteiger partial charge in [-0.1, -0.05) is 19.4 Å². The van der Waals surface area contributed by atoms with E-state index < -0.39 is 10.0 Å². The first-order chi connectivity index (χ1) is 19.8. The summed E-state index contributed by atoms with van der Waals surface area (Å²) in [5.74, 6) is 0.970. The SMILES string of the molecule is CCCc1c2nc(-c3cc(S(=O)(=O)N4CCN(CCO)CC4)cnc3OCC)n(C)c(=O)c2nn1-c1ccccn1. The van der Waals surface area contributed by atoms with Crippen LogP contribution in [0.1, 0.15) is 26.0 Å². The lowest BCUT2D eigenvalue weighted by molar-refractivity contribution is 0.151. The van der Waals surface area contributed by atoms with Crippen molar-refractivity contribution in [3.05, 3.63) is 52.7 Å². The summed E-state index contributed by atoms with van der Waals surface area (Å²) in [7, 11) is -2.32. The van der Waals surface area contributed by atoms with E-state index in [9.17, 15) is 18.3 Å². The van der Waals surface area contributed by atoms with E-state index in [4.69, 9.17) is 9.72 Å². The molecule has 0 atom stereocenters. The first-order valence-electron chi connectivity index (χ1n) is 13.7. The highest BCUT2D eigenvalue weighted by molar-refractivity contribution is 7.89. The van der Waals surface area contributed by atoms with Crippen molar-refractivity contribution in [1.29, 1.82) is 0 Å². The molecule has 0 amide bonds. The van der Waals surface area contributed by atoms with Crippen LogP contribution in [-0.4, -0.2) is 98.0 Å². The van der Waals surface area contributed by atoms with Gasteiger partial charge in [-0.15, -0.1) is 0 Å². The molecule has 0 unspecified atom stereocenters. The van der Waals surface area contributed by atoms with E-state index in [1.54, 1.807) is 30.9 Å². The predicted octanol–water partition coefficient (Wildman–Crippen LogP) is 1.23. The van der Waals surface area contributed by atoms with Crippen LogP contribution in [0.2, 0.25) is 0 Å². The number of aliphatic hydroxyl groups excluding tert-OH is 1. The standard InChI is InChI=1S/C27H34N8O5S/c1-4-8-21-23-24(31-35(21)22-9-6-7-10-28-22)27(37)32(3)25(30-23)20-17-19(18-29-26(20)40-5-2)41(38,39)34-13-11-33(12-14-34)15-16-36/h6-7,9-10,17-18,36H,4-5,8,11-16H2,1-3H3. The van der Waals surface area contributed by atoms with Crippen LogP contribution in [0.15, 0.2) is 46.3 Å². The molecule has 41 heavy (non-hydrogen) atoms. The van der Waals surface area contributed by atoms with Gasteiger partial charge >= 0.3 is 0 Å². The molecule has 14 heteroatoms. The third kappa shape index (κ3) is 5.47. The van der Waals surface area contributed by atoms with E-state index in [1.807, 2.05) is 24.0 Å². The maximum Gasteiger partial charge on any atom is 0.281 e. The van der Waals surface area contributed by atoms with E-state index in [-0.39, 0.29) is 40.9 Å². The second kappa shape index (κ2) is 12.0. The van der Waals surface area contributed by atoms with Crippen molar-refractivity contribution in [2.24, 2.45) is 7.05 Å². The summed E-state index contributed by atoms with van der Waals surface area (Å²) in [6.07, 6.45) is 4.32. The van der Waals surface area contributed by atoms with Gasteiger partial charge in [-0.05, 0) is 31.5 Å². The number of sulfonamides is 1. The number of pyridine rings is 2. The van der Waals surface area contributed by atoms with Crippen molar-refractivity contribution in [2.45, 2.75) is 31.6 Å². The average molecular weight is 583 g/mol. The Morgan fingerprint density at radius 2 is 1.85 bits per heavy atom. The van der Waals surface area contributed by atoms with Gasteiger partial charge in [0.1, 0.15) is 16.2 Å². The number of aliphatic hydroxyl groups is 1. The summed E-state index contributed by atoms with van der Waals surface area (Å²) in [5.41, 5.74) is 1.26. The van der Waals surface area contributed by atoms with Crippen LogP contribution in [0.5, 0.6) is 5.88 Å². The lowest BCUT2D eigenvalue weighted by atomic mass is 10.2. The second-order valence-electron chi connectivity index (χ2n) is 9.72. The quantitative estimate of drug-likeness (QED) is 0.289. The maximum absolute atomic E-state index is 13.6. The van der Waals surface area contributed by atoms with Crippen molar-refractivity contribution < 1.29 is 18.3 Å². The van der Waals surface area contributed by atoms with Gasteiger partial charge in [-0.25, -0.2) is 28.1 Å². The first kappa shape index (κ1) is 28.8. The highest BCUT2D eigenvalue weighted by Gasteiger charge is 2.30. The van der Waals surface area contributed by atoms with Gasteiger partial charge in [0, 0.05) is 46.0 Å². The van der Waals surface area contributed by atoms with E-state index in [0.29, 0.717) is 56.0 Å². The molecule has 218 valence electrons. The largest absolute Gasteiger partial charge is 0.477 e. The molecule has 0 saturated carbocycles. The first-order valence-corrected chi connectivity index (χ1v) is 15.1. The minimum absolute atomic E-state index is 0.0149. The molecule has 1 N–H and O–H groups in total. The predicted molar refractivity (Wildman–Crippen MR) is 153 cm³/mol. The number of piperazine rings is 1. The Bertz CT molecular complexity index is 1700. The van der Waals surface area contributed by atoms with E-state index in [1.165, 1.54) is 21.1 Å². The van der Waals surface area contributed by atoms with Gasteiger partial charge in [-0.2, -0.15) is 9.40 Å². The number of fused-ring (bicyclic) bond motifs is 1. The lowest BCUT2D eigenvalue weighted by Crippen LogP contribution is -2.49. The number of ether oxygens (including phenoxy) is 1. The lowest BCUT2D eigenvalue weighted by Gasteiger charge is -2.33. The fraction of sp³-hybridized carbons (Fsp3) is 0.444. The molecule has 4 aromatic rings. The van der Waals surface area contributed by atoms with Crippen LogP contribution in [0.3, 0.4) is 0 Å². The van der Waals surface area contributed by atoms with Gasteiger partial charge in [0.15, 0.2) is 11.3 Å². The summed E-state index contributed by atoms with van der Waals surface area (Å²) in [4.78, 5) is 29.3. The van der Waals surface area contributed by atoms with Crippen LogP contribution < -0.4 is 10.3 Å². The smallest absolute Gasteiger partial charge is 0.281 e. The summed E-state index contributed by atoms with van der Waals surface area (Å²) in [5, 5.41) is 13.8. The van der Waals surface area contributed by atoms with Gasteiger partial charge in [0.25, 0.3) is 5.56 Å². The zero-order chi connectivity index (χ0) is 29.1. The topological polar surface area (TPSA) is 149 Å². The molecule has 1 fully saturated rings. The Labute approximate surface area is 238 Å². The van der Waals surface area contributed by atoms with Crippen molar-refractivity contribution in [2.75, 3.05) is 45.9 Å². The van der Waals surface area contributed by atoms with Crippen molar-refractivity contribution in [3.63, 3.8) is 0 Å². The zero-order valence-corrected chi connectivity index (χ0v) is 24.2. The highest BCUT2D eigenvalue weighted by Crippen LogP contribution is 2.31. The van der Waals surface area contributed by atoms with Crippen LogP contribution in [-0.2, 0) is 23.5 Å². The molecule has 1 saturated heterocycles. The number of aryl methyl sites for hydroxylation is 1. The van der Waals surface area contributed by atoms with Gasteiger partial charge in [0.2, 0.25) is 15.9 Å². The third-order valence-electron chi connectivity index (χ3n) is 7.08. The van der Waals surface area contributed by atoms with Crippen molar-refractivity contribution >= 4 is 21.1 Å². The molecular weight excluding hydrogens is 548 g/mol. The van der Waals surface area contributed by atoms with Crippen LogP contribution >= 0.6 is 0 Å². The van der Waals surface area contributed by atoms with E-state index >= 15 is 0 Å². The van der Waals surface area contributed by atoms with Crippen molar-refractivity contribution in [3.8, 4) is 23.1 Å². The van der Waals surface area contributed by atoms with E-state index in [2.05, 4.69) is 15.1 Å². The Morgan fingerprint density at radius 1 is 1.07 bits per heavy atom. The number of aromatic nitrogens is 6. The summed E-state index contributed by atoms with van der Waals surface area (Å²) >= 11 is 0. The van der Waals surface area contributed by atoms with E-state index in [0.717, 1.165) is 12.1 Å². The Kier molecular flexibility index (Phi) is 8.45. The number of β-amino-alcohol motifs (C(OH)–C–C–N with tert-alkyl or cyclic N) is 1. The fourth-order valence-corrected chi connectivity index (χ4v) is 6.38. The molecule has 0 bridgehead atoms. The number of nitrogens with zero attached hydrogens (tertiary/aromatic N) is 8. The molecule has 1 aliphatic heterocycles. The van der Waals surface area contributed by atoms with Gasteiger partial charge in [0.05, 0.1) is 30.7 Å². The normalized spacial score (nSPS) is 15.0. The molecule has 13 nitrogen and oxygen atoms in total. The molecule has 4 aromatic heterocycles. The van der Waals surface area contributed by atoms with Crippen LogP contribution in [0.25, 0.3) is 28.2 Å². The third-order valence-corrected chi connectivity index (χ3v) is 8.95. The number of rotatable bonds is 10. The van der Waals surface area contributed by atoms with Gasteiger partial charge < -0.3 is 9.84 Å². The molecule has 0 radical (unpaired) electrons. The highest BCUT2D eigenvalue weighted by atomic mass is 32.2. The minimum atomic E-state index is -3.89. The minimum Gasteiger partial charge on any atom is -0.477 e. The van der Waals surface area contributed by atoms with Gasteiger partial charge in [-0.3, -0.25) is 14.3 Å². The Hall–Kier alpha value is -3.72. The van der Waals surface area contributed by atoms with Crippen molar-refractivity contribution in [1.82, 2.24) is 38.5 Å². The molecule has 0 aromatic carbocycles. The molecule has 0 aliphatic carbocycles. The number of hydrogen-bond acceptors (Lipinski definition) is 10. The zero-order valence-electron chi connectivity index (χ0n) is 23.4. The Morgan fingerprint density at radius 3 is 2.51 bits per heavy atom. The monoisotopic (exact) mass is 582 g/mol. The molecule has 5 heterocycles.